The predicted molar refractivity (Wildman–Crippen MR) is 110 cm³/mol. The molecule has 2 rings (SSSR count). The highest BCUT2D eigenvalue weighted by Crippen LogP contribution is 2.33. The summed E-state index contributed by atoms with van der Waals surface area (Å²) in [6.07, 6.45) is -1.08. The van der Waals surface area contributed by atoms with E-state index in [9.17, 15) is 18.2 Å². The lowest BCUT2D eigenvalue weighted by Gasteiger charge is -2.44. The molecule has 0 aromatic heterocycles. The Bertz CT molecular complexity index is 798. The third-order valence-corrected chi connectivity index (χ3v) is 7.26. The van der Waals surface area contributed by atoms with Crippen LogP contribution in [0.15, 0.2) is 18.2 Å². The van der Waals surface area contributed by atoms with Crippen molar-refractivity contribution < 1.29 is 28.0 Å². The molecule has 1 aromatic carbocycles. The number of morpholine rings is 1. The Morgan fingerprint density at radius 1 is 1.45 bits per heavy atom. The van der Waals surface area contributed by atoms with Crippen LogP contribution in [0.2, 0.25) is 5.02 Å². The minimum Gasteiger partial charge on any atom is -0.481 e. The van der Waals surface area contributed by atoms with E-state index in [2.05, 4.69) is 0 Å². The second-order valence-electron chi connectivity index (χ2n) is 8.04. The first kappa shape index (κ1) is 23.8. The second kappa shape index (κ2) is 9.53. The van der Waals surface area contributed by atoms with Crippen LogP contribution in [0.5, 0.6) is 0 Å². The number of rotatable bonds is 7. The number of carboxylic acids is 1. The highest BCUT2D eigenvalue weighted by atomic mass is 35.5. The minimum absolute atomic E-state index is 0.0173. The molecule has 0 radical (unpaired) electrons. The van der Waals surface area contributed by atoms with Crippen molar-refractivity contribution in [3.63, 3.8) is 0 Å². The molecule has 1 aliphatic heterocycles. The Balaban J connectivity index is 2.42. The first-order chi connectivity index (χ1) is 13.5. The first-order valence-corrected chi connectivity index (χ1v) is 11.1. The van der Waals surface area contributed by atoms with Gasteiger partial charge >= 0.3 is 5.97 Å². The van der Waals surface area contributed by atoms with Gasteiger partial charge in [0.15, 0.2) is 0 Å². The minimum atomic E-state index is -1.23. The lowest BCUT2D eigenvalue weighted by molar-refractivity contribution is -0.168. The van der Waals surface area contributed by atoms with Crippen molar-refractivity contribution in [2.75, 3.05) is 12.4 Å². The van der Waals surface area contributed by atoms with E-state index in [0.717, 1.165) is 0 Å². The van der Waals surface area contributed by atoms with Crippen molar-refractivity contribution >= 4 is 34.3 Å². The van der Waals surface area contributed by atoms with Gasteiger partial charge in [-0.15, -0.1) is 0 Å². The zero-order chi connectivity index (χ0) is 21.9. The molecule has 1 saturated heterocycles. The van der Waals surface area contributed by atoms with Gasteiger partial charge in [-0.3, -0.25) is 13.8 Å². The topological polar surface area (TPSA) is 83.9 Å². The normalized spacial score (nSPS) is 22.4. The lowest BCUT2D eigenvalue weighted by Crippen LogP contribution is -2.56. The Kier molecular flexibility index (Phi) is 7.81. The van der Waals surface area contributed by atoms with Crippen LogP contribution in [0.4, 0.5) is 4.39 Å². The molecule has 29 heavy (non-hydrogen) atoms. The summed E-state index contributed by atoms with van der Waals surface area (Å²) >= 11 is 5.78. The van der Waals surface area contributed by atoms with Crippen LogP contribution in [0, 0.1) is 5.82 Å². The van der Waals surface area contributed by atoms with Gasteiger partial charge in [-0.1, -0.05) is 24.6 Å². The van der Waals surface area contributed by atoms with Gasteiger partial charge in [0.1, 0.15) is 11.9 Å². The fourth-order valence-electron chi connectivity index (χ4n) is 3.21. The van der Waals surface area contributed by atoms with Crippen molar-refractivity contribution in [2.24, 2.45) is 0 Å². The molecule has 9 heteroatoms. The van der Waals surface area contributed by atoms with Crippen LogP contribution in [-0.4, -0.2) is 55.3 Å². The summed E-state index contributed by atoms with van der Waals surface area (Å²) in [6.45, 7) is 7.46. The van der Waals surface area contributed by atoms with Crippen LogP contribution in [-0.2, 0) is 25.1 Å². The summed E-state index contributed by atoms with van der Waals surface area (Å²) in [5.41, 5.74) is 0.494. The third-order valence-electron chi connectivity index (χ3n) is 4.90. The Morgan fingerprint density at radius 2 is 2.10 bits per heavy atom. The second-order valence-corrected chi connectivity index (χ2v) is 10.7. The van der Waals surface area contributed by atoms with Crippen LogP contribution >= 0.6 is 11.6 Å². The SMILES string of the molecule is CCC(CS(=O)C(C)(C)C)N1C(=O)C(CC(=O)O)OCC1c1ccc(Cl)c(F)c1. The quantitative estimate of drug-likeness (QED) is 0.691. The summed E-state index contributed by atoms with van der Waals surface area (Å²) in [5.74, 6) is -2.02. The van der Waals surface area contributed by atoms with Crippen molar-refractivity contribution in [3.8, 4) is 0 Å². The molecule has 162 valence electrons. The molecule has 0 spiro atoms. The number of benzene rings is 1. The maximum atomic E-state index is 14.1. The van der Waals surface area contributed by atoms with Crippen molar-refractivity contribution in [3.05, 3.63) is 34.6 Å². The number of nitrogens with zero attached hydrogens (tertiary/aromatic N) is 1. The average molecular weight is 448 g/mol. The number of aliphatic carboxylic acids is 1. The number of carbonyl (C=O) groups excluding carboxylic acids is 1. The largest absolute Gasteiger partial charge is 0.481 e. The van der Waals surface area contributed by atoms with Crippen molar-refractivity contribution in [1.82, 2.24) is 4.90 Å². The zero-order valence-corrected chi connectivity index (χ0v) is 18.6. The Labute approximate surface area is 177 Å². The Morgan fingerprint density at radius 3 is 2.62 bits per heavy atom. The molecule has 1 N–H and O–H groups in total. The third kappa shape index (κ3) is 5.77. The fourth-order valence-corrected chi connectivity index (χ4v) is 4.58. The van der Waals surface area contributed by atoms with Gasteiger partial charge in [-0.2, -0.15) is 0 Å². The molecule has 0 saturated carbocycles. The molecule has 1 fully saturated rings. The molecule has 1 amide bonds. The monoisotopic (exact) mass is 447 g/mol. The molecule has 1 aliphatic rings. The molecule has 0 bridgehead atoms. The number of amides is 1. The van der Waals surface area contributed by atoms with E-state index in [4.69, 9.17) is 21.4 Å². The number of hydrogen-bond acceptors (Lipinski definition) is 4. The van der Waals surface area contributed by atoms with Crippen LogP contribution in [0.3, 0.4) is 0 Å². The number of halogens is 2. The highest BCUT2D eigenvalue weighted by molar-refractivity contribution is 7.86. The molecule has 1 aromatic rings. The number of hydrogen-bond donors (Lipinski definition) is 1. The highest BCUT2D eigenvalue weighted by Gasteiger charge is 2.42. The number of carboxylic acid groups (broad SMARTS) is 1. The molecule has 1 heterocycles. The fraction of sp³-hybridized carbons (Fsp3) is 0.600. The summed E-state index contributed by atoms with van der Waals surface area (Å²) in [5, 5.41) is 9.07. The summed E-state index contributed by atoms with van der Waals surface area (Å²) in [7, 11) is -1.23. The molecule has 6 nitrogen and oxygen atoms in total. The molecule has 0 aliphatic carbocycles. The van der Waals surface area contributed by atoms with Crippen LogP contribution < -0.4 is 0 Å². The molecule has 4 unspecified atom stereocenters. The van der Waals surface area contributed by atoms with E-state index < -0.39 is 57.8 Å². The van der Waals surface area contributed by atoms with Crippen molar-refractivity contribution in [2.45, 2.75) is 63.5 Å². The number of carbonyl (C=O) groups is 2. The molecule has 4 atom stereocenters. The van der Waals surface area contributed by atoms with E-state index in [1.807, 2.05) is 27.7 Å². The standard InChI is InChI=1S/C20H27ClFNO5S/c1-5-13(11-29(27)20(2,3)4)23-16(12-6-7-14(21)15(22)8-12)10-28-17(19(23)26)9-18(24)25/h6-8,13,16-17H,5,9-11H2,1-4H3,(H,24,25). The van der Waals surface area contributed by atoms with E-state index in [-0.39, 0.29) is 17.4 Å². The van der Waals surface area contributed by atoms with Gasteiger partial charge < -0.3 is 14.7 Å². The summed E-state index contributed by atoms with van der Waals surface area (Å²) < 4.78 is 31.9. The van der Waals surface area contributed by atoms with Gasteiger partial charge in [0.2, 0.25) is 0 Å². The average Bonchev–Trinajstić information content (AvgIpc) is 2.62. The van der Waals surface area contributed by atoms with Gasteiger partial charge in [0.25, 0.3) is 5.91 Å². The number of ether oxygens (including phenoxy) is 1. The zero-order valence-electron chi connectivity index (χ0n) is 17.0. The van der Waals surface area contributed by atoms with Crippen molar-refractivity contribution in [1.29, 1.82) is 0 Å². The smallest absolute Gasteiger partial charge is 0.306 e. The molecular weight excluding hydrogens is 421 g/mol. The summed E-state index contributed by atoms with van der Waals surface area (Å²) in [6, 6.07) is 3.24. The van der Waals surface area contributed by atoms with E-state index in [1.165, 1.54) is 17.0 Å². The van der Waals surface area contributed by atoms with Gasteiger partial charge in [-0.05, 0) is 44.9 Å². The summed E-state index contributed by atoms with van der Waals surface area (Å²) in [4.78, 5) is 25.8. The van der Waals surface area contributed by atoms with E-state index >= 15 is 0 Å². The van der Waals surface area contributed by atoms with Crippen LogP contribution in [0.25, 0.3) is 0 Å². The first-order valence-electron chi connectivity index (χ1n) is 9.44. The lowest BCUT2D eigenvalue weighted by atomic mass is 9.99. The molecular formula is C20H27ClFNO5S. The van der Waals surface area contributed by atoms with Crippen LogP contribution in [0.1, 0.15) is 52.1 Å². The van der Waals surface area contributed by atoms with Gasteiger partial charge in [0, 0.05) is 27.3 Å². The van der Waals surface area contributed by atoms with Gasteiger partial charge in [0.05, 0.1) is 24.1 Å². The van der Waals surface area contributed by atoms with E-state index in [0.29, 0.717) is 12.0 Å². The van der Waals surface area contributed by atoms with Gasteiger partial charge in [-0.25, -0.2) is 4.39 Å². The Hall–Kier alpha value is -1.51. The van der Waals surface area contributed by atoms with E-state index in [1.54, 1.807) is 6.07 Å². The maximum Gasteiger partial charge on any atom is 0.306 e. The maximum absolute atomic E-state index is 14.1. The predicted octanol–water partition coefficient (Wildman–Crippen LogP) is 3.55.